The van der Waals surface area contributed by atoms with Crippen LogP contribution in [0.15, 0.2) is 11.6 Å². The van der Waals surface area contributed by atoms with Gasteiger partial charge in [0.1, 0.15) is 0 Å². The molecule has 9 nitrogen and oxygen atoms in total. The summed E-state index contributed by atoms with van der Waals surface area (Å²) < 4.78 is 31.3. The van der Waals surface area contributed by atoms with Crippen molar-refractivity contribution in [3.63, 3.8) is 0 Å². The summed E-state index contributed by atoms with van der Waals surface area (Å²) in [6.45, 7) is 0.761. The SMILES string of the molecule is C/C(=C\COP(=O)([O-])OOP(=O)([O-])O)CO. The Morgan fingerprint density at radius 3 is 2.38 bits per heavy atom. The molecule has 0 aromatic rings. The second kappa shape index (κ2) is 6.61. The minimum Gasteiger partial charge on any atom is -0.755 e. The van der Waals surface area contributed by atoms with Crippen LogP contribution in [-0.2, 0) is 23.0 Å². The molecular weight excluding hydrogens is 266 g/mol. The normalized spacial score (nSPS) is 20.2. The van der Waals surface area contributed by atoms with Crippen molar-refractivity contribution in [1.29, 1.82) is 0 Å². The molecule has 0 saturated carbocycles. The van der Waals surface area contributed by atoms with Crippen molar-refractivity contribution in [2.45, 2.75) is 6.92 Å². The first-order valence-electron chi connectivity index (χ1n) is 3.80. The van der Waals surface area contributed by atoms with Crippen molar-refractivity contribution in [3.05, 3.63) is 11.6 Å². The molecule has 0 aliphatic carbocycles. The topological polar surface area (TPSA) is 148 Å². The van der Waals surface area contributed by atoms with E-state index in [4.69, 9.17) is 10.00 Å². The van der Waals surface area contributed by atoms with Crippen molar-refractivity contribution < 1.29 is 42.8 Å². The van der Waals surface area contributed by atoms with E-state index in [0.717, 1.165) is 0 Å². The molecule has 0 bridgehead atoms. The number of rotatable bonds is 7. The Labute approximate surface area is 91.1 Å². The van der Waals surface area contributed by atoms with Gasteiger partial charge in [0.25, 0.3) is 15.6 Å². The van der Waals surface area contributed by atoms with Crippen LogP contribution in [0.1, 0.15) is 6.92 Å². The van der Waals surface area contributed by atoms with Gasteiger partial charge in [0.15, 0.2) is 0 Å². The standard InChI is InChI=1S/C5H12O9P2/c1-5(4-6)2-3-12-16(10,11)14-13-15(7,8)9/h2,6H,3-4H2,1H3,(H,10,11)(H2,7,8,9)/p-2/b5-2+. The molecule has 2 unspecified atom stereocenters. The number of phosphoric ester groups is 1. The molecule has 16 heavy (non-hydrogen) atoms. The Morgan fingerprint density at radius 2 is 1.94 bits per heavy atom. The fraction of sp³-hybridized carbons (Fsp3) is 0.600. The summed E-state index contributed by atoms with van der Waals surface area (Å²) in [6, 6.07) is 0. The molecule has 11 heteroatoms. The van der Waals surface area contributed by atoms with Gasteiger partial charge < -0.3 is 24.3 Å². The maximum atomic E-state index is 10.7. The zero-order valence-electron chi connectivity index (χ0n) is 8.14. The van der Waals surface area contributed by atoms with Crippen LogP contribution in [0.2, 0.25) is 0 Å². The van der Waals surface area contributed by atoms with Crippen LogP contribution in [0, 0.1) is 0 Å². The van der Waals surface area contributed by atoms with E-state index in [1.807, 2.05) is 0 Å². The third-order valence-electron chi connectivity index (χ3n) is 1.13. The van der Waals surface area contributed by atoms with Gasteiger partial charge in [0.05, 0.1) is 13.2 Å². The van der Waals surface area contributed by atoms with E-state index >= 15 is 0 Å². The summed E-state index contributed by atoms with van der Waals surface area (Å²) in [7, 11) is -10.3. The minimum atomic E-state index is -5.30. The number of hydrogen-bond donors (Lipinski definition) is 2. The summed E-state index contributed by atoms with van der Waals surface area (Å²) in [5.74, 6) is 0. The highest BCUT2D eigenvalue weighted by atomic mass is 31.2. The Balaban J connectivity index is 4.07. The Bertz CT molecular complexity index is 331. The van der Waals surface area contributed by atoms with Gasteiger partial charge >= 0.3 is 0 Å². The summed E-state index contributed by atoms with van der Waals surface area (Å²) in [5.41, 5.74) is 0.442. The maximum Gasteiger partial charge on any atom is 0.298 e. The van der Waals surface area contributed by atoms with Crippen LogP contribution in [0.4, 0.5) is 0 Å². The summed E-state index contributed by atoms with van der Waals surface area (Å²) in [6.07, 6.45) is 1.23. The van der Waals surface area contributed by atoms with E-state index in [2.05, 4.69) is 13.9 Å². The Hall–Kier alpha value is -0.0800. The molecule has 0 saturated heterocycles. The summed E-state index contributed by atoms with van der Waals surface area (Å²) >= 11 is 0. The van der Waals surface area contributed by atoms with Crippen LogP contribution in [-0.4, -0.2) is 23.2 Å². The first kappa shape index (κ1) is 15.9. The first-order chi connectivity index (χ1) is 7.16. The van der Waals surface area contributed by atoms with Crippen molar-refractivity contribution in [2.75, 3.05) is 13.2 Å². The van der Waals surface area contributed by atoms with Gasteiger partial charge in [-0.15, -0.1) is 0 Å². The molecule has 0 radical (unpaired) electrons. The van der Waals surface area contributed by atoms with Crippen molar-refractivity contribution in [2.24, 2.45) is 0 Å². The molecule has 0 fully saturated rings. The fourth-order valence-electron chi connectivity index (χ4n) is 0.440. The summed E-state index contributed by atoms with van der Waals surface area (Å²) in [4.78, 5) is 28.7. The van der Waals surface area contributed by atoms with Gasteiger partial charge in [-0.05, 0) is 12.5 Å². The van der Waals surface area contributed by atoms with Crippen LogP contribution in [0.3, 0.4) is 0 Å². The second-order valence-electron chi connectivity index (χ2n) is 2.57. The third-order valence-corrected chi connectivity index (χ3v) is 2.24. The molecule has 0 amide bonds. The molecule has 0 heterocycles. The van der Waals surface area contributed by atoms with E-state index in [1.165, 1.54) is 13.0 Å². The lowest BCUT2D eigenvalue weighted by atomic mass is 10.3. The predicted molar refractivity (Wildman–Crippen MR) is 46.4 cm³/mol. The lowest BCUT2D eigenvalue weighted by molar-refractivity contribution is -0.307. The monoisotopic (exact) mass is 276 g/mol. The van der Waals surface area contributed by atoms with Gasteiger partial charge in [-0.25, -0.2) is 0 Å². The molecule has 0 aliphatic heterocycles. The van der Waals surface area contributed by atoms with E-state index in [1.54, 1.807) is 0 Å². The number of phosphoric acid groups is 2. The van der Waals surface area contributed by atoms with E-state index in [-0.39, 0.29) is 6.61 Å². The van der Waals surface area contributed by atoms with Crippen molar-refractivity contribution in [3.8, 4) is 0 Å². The molecule has 2 atom stereocenters. The molecular formula is C5H10O9P2-2. The Kier molecular flexibility index (Phi) is 6.57. The van der Waals surface area contributed by atoms with Gasteiger partial charge in [0, 0.05) is 0 Å². The number of aliphatic hydroxyl groups excluding tert-OH is 1. The highest BCUT2D eigenvalue weighted by Gasteiger charge is 2.14. The van der Waals surface area contributed by atoms with Gasteiger partial charge in [0.2, 0.25) is 0 Å². The van der Waals surface area contributed by atoms with E-state index in [9.17, 15) is 18.9 Å². The average Bonchev–Trinajstić information content (AvgIpc) is 2.13. The molecule has 2 N–H and O–H groups in total. The lowest BCUT2D eigenvalue weighted by Gasteiger charge is -2.23. The lowest BCUT2D eigenvalue weighted by Crippen LogP contribution is -2.11. The highest BCUT2D eigenvalue weighted by molar-refractivity contribution is 7.47. The molecule has 0 aromatic heterocycles. The van der Waals surface area contributed by atoms with Gasteiger partial charge in [-0.2, -0.15) is 9.35 Å². The largest absolute Gasteiger partial charge is 0.755 e. The summed E-state index contributed by atoms with van der Waals surface area (Å²) in [5, 5.41) is 8.54. The first-order valence-corrected chi connectivity index (χ1v) is 6.76. The molecule has 0 aromatic carbocycles. The molecule has 96 valence electrons. The average molecular weight is 276 g/mol. The minimum absolute atomic E-state index is 0.281. The Morgan fingerprint density at radius 1 is 1.38 bits per heavy atom. The van der Waals surface area contributed by atoms with Crippen molar-refractivity contribution >= 4 is 15.6 Å². The van der Waals surface area contributed by atoms with Crippen molar-refractivity contribution in [1.82, 2.24) is 0 Å². The molecule has 0 spiro atoms. The van der Waals surface area contributed by atoms with Gasteiger partial charge in [-0.3, -0.25) is 9.13 Å². The molecule has 0 rings (SSSR count). The van der Waals surface area contributed by atoms with Crippen LogP contribution in [0.5, 0.6) is 0 Å². The highest BCUT2D eigenvalue weighted by Crippen LogP contribution is 2.44. The van der Waals surface area contributed by atoms with Gasteiger partial charge in [-0.1, -0.05) is 6.08 Å². The van der Waals surface area contributed by atoms with E-state index < -0.39 is 22.3 Å². The fourth-order valence-corrected chi connectivity index (χ4v) is 1.40. The van der Waals surface area contributed by atoms with Crippen LogP contribution in [0.25, 0.3) is 0 Å². The predicted octanol–water partition coefficient (Wildman–Crippen LogP) is -1.18. The van der Waals surface area contributed by atoms with Crippen LogP contribution < -0.4 is 9.79 Å². The zero-order chi connectivity index (χ0) is 12.8. The zero-order valence-corrected chi connectivity index (χ0v) is 9.93. The maximum absolute atomic E-state index is 10.7. The number of hydrogen-bond acceptors (Lipinski definition) is 8. The quantitative estimate of drug-likeness (QED) is 0.253. The number of aliphatic hydroxyl groups is 1. The second-order valence-corrected chi connectivity index (χ2v) is 4.96. The van der Waals surface area contributed by atoms with E-state index in [0.29, 0.717) is 5.57 Å². The smallest absolute Gasteiger partial charge is 0.298 e. The van der Waals surface area contributed by atoms with Crippen LogP contribution >= 0.6 is 15.6 Å². The third kappa shape index (κ3) is 9.17. The molecule has 0 aliphatic rings.